The van der Waals surface area contributed by atoms with Crippen molar-refractivity contribution in [2.75, 3.05) is 5.32 Å². The summed E-state index contributed by atoms with van der Waals surface area (Å²) in [5.74, 6) is -1.98. The molecule has 0 radical (unpaired) electrons. The minimum atomic E-state index is -0.850. The number of nitrogens with one attached hydrogen (secondary N) is 1. The van der Waals surface area contributed by atoms with Crippen LogP contribution in [0.3, 0.4) is 0 Å². The Hall–Kier alpha value is -1.62. The Morgan fingerprint density at radius 3 is 2.45 bits per heavy atom. The SMILES string of the molecule is O=C(O)[C@@H]1[C@H](C(=O)Nc2cccc(Br)c2)[C@@H]2C=C[C@H]1C21CC1. The van der Waals surface area contributed by atoms with Gasteiger partial charge in [0.05, 0.1) is 11.8 Å². The molecule has 1 aromatic carbocycles. The summed E-state index contributed by atoms with van der Waals surface area (Å²) >= 11 is 3.37. The van der Waals surface area contributed by atoms with Gasteiger partial charge in [-0.05, 0) is 48.3 Å². The van der Waals surface area contributed by atoms with Crippen LogP contribution in [0.15, 0.2) is 40.9 Å². The number of halogens is 1. The first-order valence-corrected chi connectivity index (χ1v) is 8.30. The van der Waals surface area contributed by atoms with E-state index < -0.39 is 17.8 Å². The number of aliphatic carboxylic acids is 1. The average molecular weight is 362 g/mol. The summed E-state index contributed by atoms with van der Waals surface area (Å²) in [7, 11) is 0. The molecule has 22 heavy (non-hydrogen) atoms. The van der Waals surface area contributed by atoms with Gasteiger partial charge < -0.3 is 10.4 Å². The molecule has 2 bridgehead atoms. The lowest BCUT2D eigenvalue weighted by molar-refractivity contribution is -0.146. The summed E-state index contributed by atoms with van der Waals surface area (Å²) in [5.41, 5.74) is 0.752. The molecule has 1 amide bonds. The van der Waals surface area contributed by atoms with Crippen LogP contribution in [0.1, 0.15) is 12.8 Å². The molecule has 2 fully saturated rings. The fourth-order valence-electron chi connectivity index (χ4n) is 4.48. The van der Waals surface area contributed by atoms with E-state index in [-0.39, 0.29) is 23.2 Å². The third kappa shape index (κ3) is 1.88. The third-order valence-electron chi connectivity index (χ3n) is 5.52. The minimum absolute atomic E-state index is 0.0215. The van der Waals surface area contributed by atoms with Crippen LogP contribution in [0.5, 0.6) is 0 Å². The number of anilines is 1. The number of allylic oxidation sites excluding steroid dienone is 2. The van der Waals surface area contributed by atoms with Gasteiger partial charge in [0.25, 0.3) is 0 Å². The molecule has 4 rings (SSSR count). The Morgan fingerprint density at radius 2 is 1.86 bits per heavy atom. The number of carbonyl (C=O) groups is 2. The molecule has 4 nitrogen and oxygen atoms in total. The zero-order chi connectivity index (χ0) is 15.5. The molecular weight excluding hydrogens is 346 g/mol. The van der Waals surface area contributed by atoms with Crippen LogP contribution in [-0.2, 0) is 9.59 Å². The molecule has 0 saturated heterocycles. The predicted octanol–water partition coefficient (Wildman–Crippen LogP) is 3.30. The van der Waals surface area contributed by atoms with E-state index in [1.807, 2.05) is 30.3 Å². The molecule has 0 aliphatic heterocycles. The molecule has 2 N–H and O–H groups in total. The van der Waals surface area contributed by atoms with E-state index in [1.165, 1.54) is 0 Å². The van der Waals surface area contributed by atoms with E-state index in [1.54, 1.807) is 0 Å². The highest BCUT2D eigenvalue weighted by atomic mass is 79.9. The Balaban J connectivity index is 1.62. The van der Waals surface area contributed by atoms with Crippen LogP contribution < -0.4 is 5.32 Å². The summed E-state index contributed by atoms with van der Waals surface area (Å²) < 4.78 is 0.881. The zero-order valence-corrected chi connectivity index (χ0v) is 13.4. The topological polar surface area (TPSA) is 66.4 Å². The number of hydrogen-bond donors (Lipinski definition) is 2. The molecule has 1 aromatic rings. The number of carboxylic acid groups (broad SMARTS) is 1. The molecule has 0 aromatic heterocycles. The van der Waals surface area contributed by atoms with Gasteiger partial charge in [0.1, 0.15) is 0 Å². The van der Waals surface area contributed by atoms with Crippen LogP contribution in [0.4, 0.5) is 5.69 Å². The van der Waals surface area contributed by atoms with Crippen molar-refractivity contribution in [2.45, 2.75) is 12.8 Å². The van der Waals surface area contributed by atoms with Crippen LogP contribution in [0, 0.1) is 29.1 Å². The molecule has 114 valence electrons. The smallest absolute Gasteiger partial charge is 0.307 e. The maximum atomic E-state index is 12.7. The van der Waals surface area contributed by atoms with Gasteiger partial charge in [-0.3, -0.25) is 9.59 Å². The summed E-state index contributed by atoms with van der Waals surface area (Å²) in [6.07, 6.45) is 6.18. The molecule has 4 atom stereocenters. The number of amides is 1. The van der Waals surface area contributed by atoms with Crippen molar-refractivity contribution in [1.82, 2.24) is 0 Å². The van der Waals surface area contributed by atoms with E-state index in [9.17, 15) is 14.7 Å². The first-order valence-electron chi connectivity index (χ1n) is 7.50. The molecule has 2 saturated carbocycles. The van der Waals surface area contributed by atoms with Gasteiger partial charge in [0.2, 0.25) is 5.91 Å². The van der Waals surface area contributed by atoms with Gasteiger partial charge in [0.15, 0.2) is 0 Å². The summed E-state index contributed by atoms with van der Waals surface area (Å²) in [6, 6.07) is 7.37. The first kappa shape index (κ1) is 14.0. The van der Waals surface area contributed by atoms with Crippen LogP contribution in [-0.4, -0.2) is 17.0 Å². The molecule has 3 aliphatic rings. The predicted molar refractivity (Wildman–Crippen MR) is 85.2 cm³/mol. The molecular formula is C17H16BrNO3. The van der Waals surface area contributed by atoms with Crippen molar-refractivity contribution in [3.05, 3.63) is 40.9 Å². The zero-order valence-electron chi connectivity index (χ0n) is 11.8. The highest BCUT2D eigenvalue weighted by molar-refractivity contribution is 9.10. The van der Waals surface area contributed by atoms with Gasteiger partial charge in [-0.1, -0.05) is 34.1 Å². The Labute approximate surface area is 136 Å². The first-order chi connectivity index (χ1) is 10.5. The summed E-state index contributed by atoms with van der Waals surface area (Å²) in [4.78, 5) is 24.4. The lowest BCUT2D eigenvalue weighted by Crippen LogP contribution is -2.36. The Kier molecular flexibility index (Phi) is 2.98. The average Bonchev–Trinajstić information content (AvgIpc) is 3.12. The molecule has 3 aliphatic carbocycles. The van der Waals surface area contributed by atoms with Crippen molar-refractivity contribution >= 4 is 33.5 Å². The van der Waals surface area contributed by atoms with Crippen LogP contribution in [0.2, 0.25) is 0 Å². The van der Waals surface area contributed by atoms with Gasteiger partial charge in [0, 0.05) is 10.2 Å². The monoisotopic (exact) mass is 361 g/mol. The normalized spacial score (nSPS) is 33.1. The third-order valence-corrected chi connectivity index (χ3v) is 6.01. The highest BCUT2D eigenvalue weighted by Gasteiger charge is 2.70. The van der Waals surface area contributed by atoms with Crippen molar-refractivity contribution in [3.63, 3.8) is 0 Å². The lowest BCUT2D eigenvalue weighted by atomic mass is 9.82. The largest absolute Gasteiger partial charge is 0.481 e. The quantitative estimate of drug-likeness (QED) is 0.811. The molecule has 0 unspecified atom stereocenters. The van der Waals surface area contributed by atoms with E-state index in [4.69, 9.17) is 0 Å². The fourth-order valence-corrected chi connectivity index (χ4v) is 4.88. The number of hydrogen-bond acceptors (Lipinski definition) is 2. The van der Waals surface area contributed by atoms with E-state index in [0.29, 0.717) is 5.69 Å². The number of rotatable bonds is 3. The molecule has 1 spiro atoms. The second kappa shape index (κ2) is 4.69. The number of carboxylic acids is 1. The molecule has 0 heterocycles. The lowest BCUT2D eigenvalue weighted by Gasteiger charge is -2.23. The highest BCUT2D eigenvalue weighted by Crippen LogP contribution is 2.72. The van der Waals surface area contributed by atoms with E-state index in [0.717, 1.165) is 17.3 Å². The standard InChI is InChI=1S/C17H16BrNO3/c18-9-2-1-3-10(8-9)19-15(20)13-11-4-5-12(14(13)16(21)22)17(11)6-7-17/h1-5,8,11-14H,6-7H2,(H,19,20)(H,21,22)/t11-,12+,13+,14-/m0/s1. The van der Waals surface area contributed by atoms with Crippen molar-refractivity contribution < 1.29 is 14.7 Å². The number of carbonyl (C=O) groups excluding carboxylic acids is 1. The van der Waals surface area contributed by atoms with Gasteiger partial charge in [-0.2, -0.15) is 0 Å². The van der Waals surface area contributed by atoms with Crippen molar-refractivity contribution in [3.8, 4) is 0 Å². The summed E-state index contributed by atoms with van der Waals surface area (Å²) in [5, 5.41) is 12.5. The van der Waals surface area contributed by atoms with Crippen LogP contribution >= 0.6 is 15.9 Å². The van der Waals surface area contributed by atoms with Gasteiger partial charge in [-0.15, -0.1) is 0 Å². The maximum absolute atomic E-state index is 12.7. The van der Waals surface area contributed by atoms with Gasteiger partial charge in [-0.25, -0.2) is 0 Å². The van der Waals surface area contributed by atoms with Crippen molar-refractivity contribution in [1.29, 1.82) is 0 Å². The van der Waals surface area contributed by atoms with Gasteiger partial charge >= 0.3 is 5.97 Å². The second-order valence-electron chi connectivity index (χ2n) is 6.56. The molecule has 5 heteroatoms. The summed E-state index contributed by atoms with van der Waals surface area (Å²) in [6.45, 7) is 0. The second-order valence-corrected chi connectivity index (χ2v) is 7.47. The Bertz CT molecular complexity index is 695. The maximum Gasteiger partial charge on any atom is 0.307 e. The number of benzene rings is 1. The Morgan fingerprint density at radius 1 is 1.18 bits per heavy atom. The van der Waals surface area contributed by atoms with E-state index >= 15 is 0 Å². The van der Waals surface area contributed by atoms with Crippen LogP contribution in [0.25, 0.3) is 0 Å². The van der Waals surface area contributed by atoms with E-state index in [2.05, 4.69) is 27.3 Å². The van der Waals surface area contributed by atoms with Crippen molar-refractivity contribution in [2.24, 2.45) is 29.1 Å². The minimum Gasteiger partial charge on any atom is -0.481 e. The fraction of sp³-hybridized carbons (Fsp3) is 0.412.